The lowest BCUT2D eigenvalue weighted by Crippen LogP contribution is -2.25. The van der Waals surface area contributed by atoms with Crippen LogP contribution in [0.1, 0.15) is 23.1 Å². The number of halogens is 1. The number of carbonyl (C=O) groups excluding carboxylic acids is 1. The van der Waals surface area contributed by atoms with E-state index in [0.717, 1.165) is 15.7 Å². The van der Waals surface area contributed by atoms with E-state index in [1.165, 1.54) is 11.1 Å². The number of hydrogen-bond acceptors (Lipinski definition) is 2. The molecule has 0 aliphatic heterocycles. The van der Waals surface area contributed by atoms with Gasteiger partial charge in [-0.2, -0.15) is 0 Å². The molecule has 0 spiro atoms. The number of aryl methyl sites for hydroxylation is 2. The molecule has 0 fully saturated rings. The Kier molecular flexibility index (Phi) is 6.01. The molecule has 0 atom stereocenters. The third-order valence-electron chi connectivity index (χ3n) is 3.58. The molecule has 22 heavy (non-hydrogen) atoms. The van der Waals surface area contributed by atoms with E-state index >= 15 is 0 Å². The quantitative estimate of drug-likeness (QED) is 0.810. The molecular formula is C18H21BrN2O. The van der Waals surface area contributed by atoms with Crippen molar-refractivity contribution in [3.05, 3.63) is 63.6 Å². The summed E-state index contributed by atoms with van der Waals surface area (Å²) < 4.78 is 1.09. The molecule has 2 aromatic rings. The van der Waals surface area contributed by atoms with Gasteiger partial charge in [-0.25, -0.2) is 0 Å². The predicted octanol–water partition coefficient (Wildman–Crippen LogP) is 4.18. The van der Waals surface area contributed by atoms with E-state index in [1.807, 2.05) is 37.3 Å². The lowest BCUT2D eigenvalue weighted by molar-refractivity contribution is -0.121. The van der Waals surface area contributed by atoms with E-state index in [-0.39, 0.29) is 5.91 Å². The summed E-state index contributed by atoms with van der Waals surface area (Å²) in [5, 5.41) is 6.23. The van der Waals surface area contributed by atoms with Crippen LogP contribution in [0.5, 0.6) is 0 Å². The molecule has 0 saturated heterocycles. The van der Waals surface area contributed by atoms with Crippen LogP contribution in [0.3, 0.4) is 0 Å². The molecule has 0 heterocycles. The Morgan fingerprint density at radius 3 is 2.59 bits per heavy atom. The van der Waals surface area contributed by atoms with E-state index in [4.69, 9.17) is 0 Å². The largest absolute Gasteiger partial charge is 0.385 e. The van der Waals surface area contributed by atoms with Gasteiger partial charge in [-0.1, -0.05) is 40.2 Å². The lowest BCUT2D eigenvalue weighted by atomic mass is 10.1. The van der Waals surface area contributed by atoms with E-state index < -0.39 is 0 Å². The van der Waals surface area contributed by atoms with Crippen LogP contribution in [0, 0.1) is 13.8 Å². The van der Waals surface area contributed by atoms with E-state index in [2.05, 4.69) is 45.6 Å². The molecule has 0 bridgehead atoms. The van der Waals surface area contributed by atoms with Crippen molar-refractivity contribution in [2.24, 2.45) is 0 Å². The Labute approximate surface area is 140 Å². The molecule has 0 aliphatic rings. The number of benzene rings is 2. The van der Waals surface area contributed by atoms with Gasteiger partial charge >= 0.3 is 0 Å². The molecule has 2 rings (SSSR count). The SMILES string of the molecule is Cc1cc(NCCC(=O)NCc2ccccc2C)ccc1Br. The second-order valence-corrected chi connectivity index (χ2v) is 6.20. The monoisotopic (exact) mass is 360 g/mol. The first-order chi connectivity index (χ1) is 10.6. The van der Waals surface area contributed by atoms with E-state index in [9.17, 15) is 4.79 Å². The molecule has 3 nitrogen and oxygen atoms in total. The van der Waals surface area contributed by atoms with Gasteiger partial charge in [-0.3, -0.25) is 4.79 Å². The third-order valence-corrected chi connectivity index (χ3v) is 4.47. The molecule has 4 heteroatoms. The van der Waals surface area contributed by atoms with Crippen molar-refractivity contribution in [1.29, 1.82) is 0 Å². The van der Waals surface area contributed by atoms with Crippen molar-refractivity contribution in [3.63, 3.8) is 0 Å². The Bertz CT molecular complexity index is 655. The zero-order valence-electron chi connectivity index (χ0n) is 12.9. The van der Waals surface area contributed by atoms with Gasteiger partial charge in [0.15, 0.2) is 0 Å². The summed E-state index contributed by atoms with van der Waals surface area (Å²) >= 11 is 3.48. The highest BCUT2D eigenvalue weighted by atomic mass is 79.9. The highest BCUT2D eigenvalue weighted by Gasteiger charge is 2.03. The second-order valence-electron chi connectivity index (χ2n) is 5.34. The molecule has 116 valence electrons. The summed E-state index contributed by atoms with van der Waals surface area (Å²) in [4.78, 5) is 11.9. The molecule has 1 amide bonds. The minimum absolute atomic E-state index is 0.0598. The van der Waals surface area contributed by atoms with Gasteiger partial charge in [0.25, 0.3) is 0 Å². The highest BCUT2D eigenvalue weighted by molar-refractivity contribution is 9.10. The van der Waals surface area contributed by atoms with Gasteiger partial charge in [0.1, 0.15) is 0 Å². The first-order valence-corrected chi connectivity index (χ1v) is 8.17. The van der Waals surface area contributed by atoms with Crippen molar-refractivity contribution in [2.45, 2.75) is 26.8 Å². The van der Waals surface area contributed by atoms with Crippen LogP contribution in [0.25, 0.3) is 0 Å². The summed E-state index contributed by atoms with van der Waals surface area (Å²) in [6.07, 6.45) is 0.459. The molecule has 0 saturated carbocycles. The number of carbonyl (C=O) groups is 1. The normalized spacial score (nSPS) is 10.3. The summed E-state index contributed by atoms with van der Waals surface area (Å²) in [5.41, 5.74) is 4.57. The predicted molar refractivity (Wildman–Crippen MR) is 95.0 cm³/mol. The van der Waals surface area contributed by atoms with E-state index in [1.54, 1.807) is 0 Å². The van der Waals surface area contributed by atoms with Gasteiger partial charge in [0.05, 0.1) is 0 Å². The number of nitrogens with one attached hydrogen (secondary N) is 2. The number of rotatable bonds is 6. The Morgan fingerprint density at radius 2 is 1.86 bits per heavy atom. The van der Waals surface area contributed by atoms with Crippen LogP contribution in [0.4, 0.5) is 5.69 Å². The number of hydrogen-bond donors (Lipinski definition) is 2. The van der Waals surface area contributed by atoms with Crippen LogP contribution in [-0.2, 0) is 11.3 Å². The number of amides is 1. The van der Waals surface area contributed by atoms with Crippen LogP contribution in [-0.4, -0.2) is 12.5 Å². The second kappa shape index (κ2) is 7.99. The zero-order chi connectivity index (χ0) is 15.9. The van der Waals surface area contributed by atoms with Gasteiger partial charge < -0.3 is 10.6 Å². The van der Waals surface area contributed by atoms with Crippen LogP contribution in [0.2, 0.25) is 0 Å². The van der Waals surface area contributed by atoms with Gasteiger partial charge in [0, 0.05) is 29.7 Å². The standard InChI is InChI=1S/C18H21BrN2O/c1-13-5-3-4-6-15(13)12-21-18(22)9-10-20-16-7-8-17(19)14(2)11-16/h3-8,11,20H,9-10,12H2,1-2H3,(H,21,22). The van der Waals surface area contributed by atoms with Gasteiger partial charge in [-0.15, -0.1) is 0 Å². The van der Waals surface area contributed by atoms with Crippen molar-refractivity contribution in [1.82, 2.24) is 5.32 Å². The molecule has 2 N–H and O–H groups in total. The fraction of sp³-hybridized carbons (Fsp3) is 0.278. The summed E-state index contributed by atoms with van der Waals surface area (Å²) in [6, 6.07) is 14.2. The Morgan fingerprint density at radius 1 is 1.09 bits per heavy atom. The summed E-state index contributed by atoms with van der Waals surface area (Å²) in [6.45, 7) is 5.31. The zero-order valence-corrected chi connectivity index (χ0v) is 14.5. The average Bonchev–Trinajstić information content (AvgIpc) is 2.50. The van der Waals surface area contributed by atoms with Crippen molar-refractivity contribution >= 4 is 27.5 Å². The van der Waals surface area contributed by atoms with Gasteiger partial charge in [0.2, 0.25) is 5.91 Å². The van der Waals surface area contributed by atoms with Crippen molar-refractivity contribution in [3.8, 4) is 0 Å². The minimum Gasteiger partial charge on any atom is -0.385 e. The first kappa shape index (κ1) is 16.6. The fourth-order valence-corrected chi connectivity index (χ4v) is 2.41. The Hall–Kier alpha value is -1.81. The molecular weight excluding hydrogens is 340 g/mol. The van der Waals surface area contributed by atoms with Crippen LogP contribution < -0.4 is 10.6 Å². The van der Waals surface area contributed by atoms with Crippen molar-refractivity contribution in [2.75, 3.05) is 11.9 Å². The lowest BCUT2D eigenvalue weighted by Gasteiger charge is -2.10. The summed E-state index contributed by atoms with van der Waals surface area (Å²) in [7, 11) is 0. The first-order valence-electron chi connectivity index (χ1n) is 7.37. The minimum atomic E-state index is 0.0598. The molecule has 0 aliphatic carbocycles. The smallest absolute Gasteiger partial charge is 0.222 e. The maximum absolute atomic E-state index is 11.9. The Balaban J connectivity index is 1.74. The third kappa shape index (κ3) is 4.88. The summed E-state index contributed by atoms with van der Waals surface area (Å²) in [5.74, 6) is 0.0598. The van der Waals surface area contributed by atoms with Crippen LogP contribution >= 0.6 is 15.9 Å². The topological polar surface area (TPSA) is 41.1 Å². The van der Waals surface area contributed by atoms with Crippen molar-refractivity contribution < 1.29 is 4.79 Å². The molecule has 0 aromatic heterocycles. The number of anilines is 1. The van der Waals surface area contributed by atoms with Crippen LogP contribution in [0.15, 0.2) is 46.9 Å². The molecule has 0 radical (unpaired) electrons. The van der Waals surface area contributed by atoms with E-state index in [0.29, 0.717) is 19.5 Å². The highest BCUT2D eigenvalue weighted by Crippen LogP contribution is 2.19. The average molecular weight is 361 g/mol. The maximum Gasteiger partial charge on any atom is 0.222 e. The maximum atomic E-state index is 11.9. The van der Waals surface area contributed by atoms with Gasteiger partial charge in [-0.05, 0) is 48.7 Å². The fourth-order valence-electron chi connectivity index (χ4n) is 2.17. The molecule has 2 aromatic carbocycles. The molecule has 0 unspecified atom stereocenters.